The number of rotatable bonds is 20. The lowest BCUT2D eigenvalue weighted by Gasteiger charge is -2.29. The third-order valence-electron chi connectivity index (χ3n) is 6.70. The van der Waals surface area contributed by atoms with Gasteiger partial charge in [0.05, 0.1) is 11.7 Å². The molecule has 0 aliphatic rings. The first kappa shape index (κ1) is 29.6. The summed E-state index contributed by atoms with van der Waals surface area (Å²) in [4.78, 5) is 12.6. The van der Waals surface area contributed by atoms with E-state index in [0.717, 1.165) is 18.4 Å². The molecule has 4 N–H and O–H groups in total. The van der Waals surface area contributed by atoms with Crippen LogP contribution in [0.1, 0.15) is 139 Å². The van der Waals surface area contributed by atoms with Crippen molar-refractivity contribution >= 4 is 5.97 Å². The van der Waals surface area contributed by atoms with Crippen molar-refractivity contribution in [3.05, 3.63) is 35.4 Å². The predicted octanol–water partition coefficient (Wildman–Crippen LogP) is 7.67. The number of unbranched alkanes of at least 4 members (excludes halogenated alkanes) is 15. The van der Waals surface area contributed by atoms with Crippen molar-refractivity contribution in [2.75, 3.05) is 0 Å². The van der Waals surface area contributed by atoms with Gasteiger partial charge in [-0.15, -0.1) is 0 Å². The minimum absolute atomic E-state index is 0.340. The van der Waals surface area contributed by atoms with Gasteiger partial charge in [-0.3, -0.25) is 0 Å². The SMILES string of the molecule is CCCCCCCCCCCCCCCCCCc1ccccc1C(=O)OC(C)(C)C(N)N. The quantitative estimate of drug-likeness (QED) is 0.119. The molecule has 0 fully saturated rings. The lowest BCUT2D eigenvalue weighted by Crippen LogP contribution is -2.52. The van der Waals surface area contributed by atoms with E-state index >= 15 is 0 Å². The highest BCUT2D eigenvalue weighted by Gasteiger charge is 2.29. The molecule has 0 atom stereocenters. The Bertz CT molecular complexity index is 628. The fourth-order valence-corrected chi connectivity index (χ4v) is 4.16. The number of nitrogens with two attached hydrogens (primary N) is 2. The first-order valence-corrected chi connectivity index (χ1v) is 13.7. The summed E-state index contributed by atoms with van der Waals surface area (Å²) in [5, 5.41) is 0. The molecule has 0 aliphatic heterocycles. The minimum Gasteiger partial charge on any atom is -0.453 e. The second kappa shape index (κ2) is 18.0. The Balaban J connectivity index is 2.09. The van der Waals surface area contributed by atoms with Gasteiger partial charge in [0.2, 0.25) is 0 Å². The van der Waals surface area contributed by atoms with Crippen LogP contribution < -0.4 is 11.5 Å². The van der Waals surface area contributed by atoms with Crippen molar-refractivity contribution in [3.63, 3.8) is 0 Å². The van der Waals surface area contributed by atoms with Crippen molar-refractivity contribution in [1.29, 1.82) is 0 Å². The Morgan fingerprint density at radius 2 is 1.18 bits per heavy atom. The largest absolute Gasteiger partial charge is 0.453 e. The number of carbonyl (C=O) groups is 1. The van der Waals surface area contributed by atoms with Gasteiger partial charge in [-0.2, -0.15) is 0 Å². The highest BCUT2D eigenvalue weighted by molar-refractivity contribution is 5.91. The molecule has 0 unspecified atom stereocenters. The van der Waals surface area contributed by atoms with Crippen LogP contribution in [0.25, 0.3) is 0 Å². The maximum absolute atomic E-state index is 12.6. The zero-order valence-electron chi connectivity index (χ0n) is 21.9. The normalized spacial score (nSPS) is 11.8. The fraction of sp³-hybridized carbons (Fsp3) is 0.759. The van der Waals surface area contributed by atoms with Crippen LogP contribution in [-0.2, 0) is 11.2 Å². The molecule has 4 heteroatoms. The fourth-order valence-electron chi connectivity index (χ4n) is 4.16. The van der Waals surface area contributed by atoms with Crippen LogP contribution in [0.15, 0.2) is 24.3 Å². The maximum Gasteiger partial charge on any atom is 0.339 e. The Kier molecular flexibility index (Phi) is 16.2. The summed E-state index contributed by atoms with van der Waals surface area (Å²) in [6.07, 6.45) is 22.0. The molecule has 0 aliphatic carbocycles. The number of carbonyl (C=O) groups excluding carboxylic acids is 1. The summed E-state index contributed by atoms with van der Waals surface area (Å²) in [6, 6.07) is 7.72. The minimum atomic E-state index is -0.890. The van der Waals surface area contributed by atoms with E-state index < -0.39 is 11.8 Å². The van der Waals surface area contributed by atoms with Crippen LogP contribution in [0.3, 0.4) is 0 Å². The summed E-state index contributed by atoms with van der Waals surface area (Å²) in [6.45, 7) is 5.77. The third kappa shape index (κ3) is 13.8. The van der Waals surface area contributed by atoms with E-state index in [2.05, 4.69) is 6.92 Å². The molecule has 0 radical (unpaired) electrons. The van der Waals surface area contributed by atoms with Crippen molar-refractivity contribution < 1.29 is 9.53 Å². The molecule has 0 amide bonds. The summed E-state index contributed by atoms with van der Waals surface area (Å²) < 4.78 is 5.57. The van der Waals surface area contributed by atoms with Crippen LogP contribution >= 0.6 is 0 Å². The molecule has 0 bridgehead atoms. The first-order valence-electron chi connectivity index (χ1n) is 13.7. The molecule has 4 nitrogen and oxygen atoms in total. The standard InChI is InChI=1S/C29H52N2O2/c1-4-5-6-7-8-9-10-11-12-13-14-15-16-17-18-19-22-25-23-20-21-24-26(25)27(32)33-29(2,3)28(30)31/h20-21,23-24,28H,4-19,22,30-31H2,1-3H3. The van der Waals surface area contributed by atoms with Gasteiger partial charge in [0.25, 0.3) is 0 Å². The van der Waals surface area contributed by atoms with E-state index in [1.54, 1.807) is 13.8 Å². The Hall–Kier alpha value is -1.39. The number of hydrogen-bond acceptors (Lipinski definition) is 4. The first-order chi connectivity index (χ1) is 15.9. The van der Waals surface area contributed by atoms with Gasteiger partial charge in [-0.05, 0) is 38.3 Å². The summed E-state index contributed by atoms with van der Waals surface area (Å²) >= 11 is 0. The molecular weight excluding hydrogens is 408 g/mol. The van der Waals surface area contributed by atoms with E-state index in [1.807, 2.05) is 24.3 Å². The molecule has 0 heterocycles. The molecule has 1 rings (SSSR count). The topological polar surface area (TPSA) is 78.3 Å². The average molecular weight is 461 g/mol. The predicted molar refractivity (Wildman–Crippen MR) is 141 cm³/mol. The van der Waals surface area contributed by atoms with Gasteiger partial charge in [-0.25, -0.2) is 4.79 Å². The van der Waals surface area contributed by atoms with Crippen LogP contribution in [0.2, 0.25) is 0 Å². The molecule has 0 saturated heterocycles. The number of hydrogen-bond donors (Lipinski definition) is 2. The van der Waals surface area contributed by atoms with Crippen molar-refractivity contribution in [2.45, 2.75) is 142 Å². The summed E-state index contributed by atoms with van der Waals surface area (Å²) in [5.74, 6) is -0.340. The van der Waals surface area contributed by atoms with Crippen molar-refractivity contribution in [1.82, 2.24) is 0 Å². The van der Waals surface area contributed by atoms with Gasteiger partial charge in [0.15, 0.2) is 0 Å². The van der Waals surface area contributed by atoms with Crippen molar-refractivity contribution in [3.8, 4) is 0 Å². The molecule has 190 valence electrons. The molecule has 0 saturated carbocycles. The van der Waals surface area contributed by atoms with Crippen LogP contribution in [0, 0.1) is 0 Å². The monoisotopic (exact) mass is 460 g/mol. The van der Waals surface area contributed by atoms with Gasteiger partial charge in [0, 0.05) is 0 Å². The molecular formula is C29H52N2O2. The molecule has 33 heavy (non-hydrogen) atoms. The van der Waals surface area contributed by atoms with E-state index in [1.165, 1.54) is 96.3 Å². The summed E-state index contributed by atoms with van der Waals surface area (Å²) in [5.41, 5.74) is 12.3. The molecule has 0 spiro atoms. The molecule has 1 aromatic rings. The highest BCUT2D eigenvalue weighted by atomic mass is 16.6. The zero-order valence-corrected chi connectivity index (χ0v) is 21.9. The van der Waals surface area contributed by atoms with E-state index in [-0.39, 0.29) is 5.97 Å². The van der Waals surface area contributed by atoms with Gasteiger partial charge >= 0.3 is 5.97 Å². The maximum atomic E-state index is 12.6. The van der Waals surface area contributed by atoms with E-state index in [0.29, 0.717) is 5.56 Å². The lowest BCUT2D eigenvalue weighted by molar-refractivity contribution is -0.0117. The zero-order chi connectivity index (χ0) is 24.4. The number of esters is 1. The second-order valence-corrected chi connectivity index (χ2v) is 10.2. The highest BCUT2D eigenvalue weighted by Crippen LogP contribution is 2.19. The number of ether oxygens (including phenoxy) is 1. The van der Waals surface area contributed by atoms with E-state index in [4.69, 9.17) is 16.2 Å². The van der Waals surface area contributed by atoms with Crippen LogP contribution in [0.4, 0.5) is 0 Å². The number of benzene rings is 1. The number of aryl methyl sites for hydroxylation is 1. The smallest absolute Gasteiger partial charge is 0.339 e. The van der Waals surface area contributed by atoms with Crippen LogP contribution in [-0.4, -0.2) is 17.7 Å². The molecule has 1 aromatic carbocycles. The van der Waals surface area contributed by atoms with Crippen molar-refractivity contribution in [2.24, 2.45) is 11.5 Å². The van der Waals surface area contributed by atoms with Gasteiger partial charge in [-0.1, -0.05) is 121 Å². The average Bonchev–Trinajstić information content (AvgIpc) is 2.78. The Labute approximate surface area is 204 Å². The van der Waals surface area contributed by atoms with Crippen LogP contribution in [0.5, 0.6) is 0 Å². The summed E-state index contributed by atoms with van der Waals surface area (Å²) in [7, 11) is 0. The Morgan fingerprint density at radius 3 is 1.64 bits per heavy atom. The molecule has 0 aromatic heterocycles. The second-order valence-electron chi connectivity index (χ2n) is 10.2. The Morgan fingerprint density at radius 1 is 0.758 bits per heavy atom. The lowest BCUT2D eigenvalue weighted by atomic mass is 9.99. The third-order valence-corrected chi connectivity index (χ3v) is 6.70. The van der Waals surface area contributed by atoms with Gasteiger partial charge in [0.1, 0.15) is 5.60 Å². The van der Waals surface area contributed by atoms with E-state index in [9.17, 15) is 4.79 Å². The van der Waals surface area contributed by atoms with Gasteiger partial charge < -0.3 is 16.2 Å².